The minimum absolute atomic E-state index is 0.0324. The fourth-order valence-corrected chi connectivity index (χ4v) is 4.14. The second-order valence-electron chi connectivity index (χ2n) is 7.57. The van der Waals surface area contributed by atoms with E-state index in [1.807, 2.05) is 13.0 Å². The highest BCUT2D eigenvalue weighted by Gasteiger charge is 2.28. The number of aromatic amines is 1. The zero-order chi connectivity index (χ0) is 20.4. The van der Waals surface area contributed by atoms with Gasteiger partial charge in [-0.25, -0.2) is 0 Å². The lowest BCUT2D eigenvalue weighted by molar-refractivity contribution is -0.384. The summed E-state index contributed by atoms with van der Waals surface area (Å²) in [5.41, 5.74) is 2.93. The van der Waals surface area contributed by atoms with E-state index in [0.29, 0.717) is 11.6 Å². The Morgan fingerprint density at radius 2 is 1.97 bits per heavy atom. The van der Waals surface area contributed by atoms with Gasteiger partial charge in [0.1, 0.15) is 0 Å². The number of nitro groups is 1. The Kier molecular flexibility index (Phi) is 5.31. The Morgan fingerprint density at radius 3 is 2.72 bits per heavy atom. The first kappa shape index (κ1) is 19.1. The minimum Gasteiger partial charge on any atom is -0.361 e. The van der Waals surface area contributed by atoms with Crippen LogP contribution in [0.25, 0.3) is 10.9 Å². The summed E-state index contributed by atoms with van der Waals surface area (Å²) in [4.78, 5) is 28.6. The van der Waals surface area contributed by atoms with E-state index in [1.54, 1.807) is 12.1 Å². The molecule has 0 radical (unpaired) electrons. The highest BCUT2D eigenvalue weighted by Crippen LogP contribution is 2.33. The zero-order valence-electron chi connectivity index (χ0n) is 16.3. The average molecular weight is 392 g/mol. The van der Waals surface area contributed by atoms with Gasteiger partial charge in [0.15, 0.2) is 0 Å². The summed E-state index contributed by atoms with van der Waals surface area (Å²) in [6.07, 6.45) is 4.11. The van der Waals surface area contributed by atoms with Gasteiger partial charge in [0.05, 0.1) is 11.0 Å². The van der Waals surface area contributed by atoms with Crippen LogP contribution in [0.5, 0.6) is 0 Å². The van der Waals surface area contributed by atoms with Gasteiger partial charge >= 0.3 is 0 Å². The third kappa shape index (κ3) is 4.00. The number of benzene rings is 2. The quantitative estimate of drug-likeness (QED) is 0.501. The summed E-state index contributed by atoms with van der Waals surface area (Å²) in [7, 11) is 0. The number of rotatable bonds is 5. The van der Waals surface area contributed by atoms with E-state index < -0.39 is 4.92 Å². The molecule has 1 unspecified atom stereocenters. The van der Waals surface area contributed by atoms with Crippen molar-refractivity contribution in [1.29, 1.82) is 0 Å². The number of para-hydroxylation sites is 1. The molecule has 1 atom stereocenters. The lowest BCUT2D eigenvalue weighted by Gasteiger charge is -2.35. The van der Waals surface area contributed by atoms with Crippen molar-refractivity contribution >= 4 is 28.2 Å². The maximum atomic E-state index is 12.7. The van der Waals surface area contributed by atoms with E-state index in [0.717, 1.165) is 31.4 Å². The molecule has 1 aliphatic heterocycles. The summed E-state index contributed by atoms with van der Waals surface area (Å²) in [6, 6.07) is 14.1. The Labute approximate surface area is 168 Å². The van der Waals surface area contributed by atoms with Crippen LogP contribution in [-0.2, 0) is 4.79 Å². The number of piperidine rings is 1. The van der Waals surface area contributed by atoms with Crippen molar-refractivity contribution in [3.63, 3.8) is 0 Å². The van der Waals surface area contributed by atoms with Crippen LogP contribution in [0.3, 0.4) is 0 Å². The van der Waals surface area contributed by atoms with Crippen molar-refractivity contribution in [2.75, 3.05) is 18.4 Å². The van der Waals surface area contributed by atoms with E-state index in [4.69, 9.17) is 0 Å². The lowest BCUT2D eigenvalue weighted by Crippen LogP contribution is -2.45. The van der Waals surface area contributed by atoms with Crippen molar-refractivity contribution in [2.45, 2.75) is 31.7 Å². The summed E-state index contributed by atoms with van der Waals surface area (Å²) < 4.78 is 0. The molecule has 4 rings (SSSR count). The van der Waals surface area contributed by atoms with Crippen LogP contribution in [0.15, 0.2) is 54.7 Å². The molecule has 29 heavy (non-hydrogen) atoms. The number of carbonyl (C=O) groups is 1. The first-order valence-electron chi connectivity index (χ1n) is 9.88. The largest absolute Gasteiger partial charge is 0.361 e. The van der Waals surface area contributed by atoms with Crippen molar-refractivity contribution in [2.24, 2.45) is 0 Å². The molecular weight excluding hydrogens is 368 g/mol. The molecule has 1 saturated heterocycles. The number of nitro benzene ring substituents is 1. The van der Waals surface area contributed by atoms with Crippen molar-refractivity contribution in [1.82, 2.24) is 9.88 Å². The van der Waals surface area contributed by atoms with Gasteiger partial charge in [-0.15, -0.1) is 0 Å². The zero-order valence-corrected chi connectivity index (χ0v) is 16.3. The lowest BCUT2D eigenvalue weighted by atomic mass is 9.88. The summed E-state index contributed by atoms with van der Waals surface area (Å²) in [5.74, 6) is 0.338. The highest BCUT2D eigenvalue weighted by atomic mass is 16.6. The third-order valence-electron chi connectivity index (χ3n) is 5.84. The monoisotopic (exact) mass is 392 g/mol. The topological polar surface area (TPSA) is 91.3 Å². The minimum atomic E-state index is -0.464. The van der Waals surface area contributed by atoms with Gasteiger partial charge in [0.2, 0.25) is 5.91 Å². The number of H-pyrrole nitrogens is 1. The van der Waals surface area contributed by atoms with E-state index in [-0.39, 0.29) is 17.6 Å². The van der Waals surface area contributed by atoms with Crippen LogP contribution in [-0.4, -0.2) is 39.8 Å². The number of aromatic nitrogens is 1. The van der Waals surface area contributed by atoms with Crippen molar-refractivity contribution < 1.29 is 9.72 Å². The molecule has 1 amide bonds. The fraction of sp³-hybridized carbons (Fsp3) is 0.318. The molecule has 0 saturated carbocycles. The summed E-state index contributed by atoms with van der Waals surface area (Å²) in [5, 5.41) is 15.0. The van der Waals surface area contributed by atoms with Crippen molar-refractivity contribution in [3.05, 3.63) is 70.4 Å². The fourth-order valence-electron chi connectivity index (χ4n) is 4.14. The van der Waals surface area contributed by atoms with Gasteiger partial charge in [0, 0.05) is 34.9 Å². The number of fused-ring (bicyclic) bond motifs is 1. The molecule has 150 valence electrons. The summed E-state index contributed by atoms with van der Waals surface area (Å²) >= 11 is 0. The van der Waals surface area contributed by atoms with E-state index >= 15 is 0 Å². The van der Waals surface area contributed by atoms with Gasteiger partial charge in [-0.05, 0) is 56.5 Å². The molecular formula is C22H24N4O3. The Hall–Kier alpha value is -3.19. The number of carbonyl (C=O) groups excluding carboxylic acids is 1. The Bertz CT molecular complexity index is 1040. The number of non-ortho nitro benzene ring substituents is 1. The van der Waals surface area contributed by atoms with Crippen LogP contribution in [0.1, 0.15) is 31.2 Å². The van der Waals surface area contributed by atoms with E-state index in [2.05, 4.69) is 39.6 Å². The van der Waals surface area contributed by atoms with Gasteiger partial charge in [-0.3, -0.25) is 19.8 Å². The number of amides is 1. The smallest absolute Gasteiger partial charge is 0.271 e. The number of hydrogen-bond acceptors (Lipinski definition) is 4. The molecule has 7 nitrogen and oxygen atoms in total. The molecule has 7 heteroatoms. The normalized spacial score (nSPS) is 16.6. The number of nitrogens with zero attached hydrogens (tertiary/aromatic N) is 2. The molecule has 2 heterocycles. The Morgan fingerprint density at radius 1 is 1.21 bits per heavy atom. The maximum absolute atomic E-state index is 12.7. The molecule has 0 aliphatic carbocycles. The van der Waals surface area contributed by atoms with E-state index in [1.165, 1.54) is 23.1 Å². The molecule has 1 aromatic heterocycles. The van der Waals surface area contributed by atoms with Crippen LogP contribution in [0.2, 0.25) is 0 Å². The molecule has 3 aromatic rings. The molecule has 2 N–H and O–H groups in total. The van der Waals surface area contributed by atoms with Crippen LogP contribution in [0, 0.1) is 10.1 Å². The first-order chi connectivity index (χ1) is 14.0. The number of anilines is 1. The highest BCUT2D eigenvalue weighted by molar-refractivity contribution is 5.94. The standard InChI is InChI=1S/C22H24N4O3/c1-15(22(27)24-17-5-4-6-18(13-17)26(28)29)25-11-9-16(10-12-25)20-14-23-21-8-3-2-7-19(20)21/h2-8,13-16,23H,9-12H2,1H3,(H,24,27). The molecule has 0 bridgehead atoms. The molecule has 1 fully saturated rings. The van der Waals surface area contributed by atoms with Crippen LogP contribution in [0.4, 0.5) is 11.4 Å². The Balaban J connectivity index is 1.37. The number of nitrogens with one attached hydrogen (secondary N) is 2. The predicted octanol–water partition coefficient (Wildman–Crippen LogP) is 4.28. The number of likely N-dealkylation sites (tertiary alicyclic amines) is 1. The second kappa shape index (κ2) is 8.05. The van der Waals surface area contributed by atoms with Crippen molar-refractivity contribution in [3.8, 4) is 0 Å². The predicted molar refractivity (Wildman–Crippen MR) is 113 cm³/mol. The van der Waals surface area contributed by atoms with E-state index in [9.17, 15) is 14.9 Å². The number of hydrogen-bond donors (Lipinski definition) is 2. The maximum Gasteiger partial charge on any atom is 0.271 e. The van der Waals surface area contributed by atoms with Gasteiger partial charge in [-0.1, -0.05) is 24.3 Å². The molecule has 0 spiro atoms. The summed E-state index contributed by atoms with van der Waals surface area (Å²) in [6.45, 7) is 3.57. The average Bonchev–Trinajstić information content (AvgIpc) is 3.17. The first-order valence-corrected chi connectivity index (χ1v) is 9.88. The third-order valence-corrected chi connectivity index (χ3v) is 5.84. The molecule has 1 aliphatic rings. The van der Waals surface area contributed by atoms with Gasteiger partial charge < -0.3 is 10.3 Å². The van der Waals surface area contributed by atoms with Crippen LogP contribution >= 0.6 is 0 Å². The van der Waals surface area contributed by atoms with Gasteiger partial charge in [0.25, 0.3) is 5.69 Å². The SMILES string of the molecule is CC(C(=O)Nc1cccc([N+](=O)[O-])c1)N1CCC(c2c[nH]c3ccccc23)CC1. The molecule has 2 aromatic carbocycles. The van der Waals surface area contributed by atoms with Gasteiger partial charge in [-0.2, -0.15) is 0 Å². The second-order valence-corrected chi connectivity index (χ2v) is 7.57. The van der Waals surface area contributed by atoms with Crippen LogP contribution < -0.4 is 5.32 Å².